The summed E-state index contributed by atoms with van der Waals surface area (Å²) in [5.74, 6) is 0. The molecule has 0 atom stereocenters. The van der Waals surface area contributed by atoms with Gasteiger partial charge in [0.1, 0.15) is 12.3 Å². The molecule has 120 valence electrons. The third kappa shape index (κ3) is 3.41. The standard InChI is InChI=1S/C15H12F3N3O2/c16-15(17,18)13-3-1-2-12(20-13)11-6-10(7-19-8-11)9-21-4-5-23-14(21)22/h1-3,6-8H,4-5,9H2. The van der Waals surface area contributed by atoms with Gasteiger partial charge in [0.05, 0.1) is 18.8 Å². The van der Waals surface area contributed by atoms with E-state index in [9.17, 15) is 18.0 Å². The zero-order valence-corrected chi connectivity index (χ0v) is 11.9. The van der Waals surface area contributed by atoms with Crippen LogP contribution in [0.15, 0.2) is 36.7 Å². The summed E-state index contributed by atoms with van der Waals surface area (Å²) in [5, 5.41) is 0. The van der Waals surface area contributed by atoms with E-state index in [-0.39, 0.29) is 5.69 Å². The predicted octanol–water partition coefficient (Wildman–Crippen LogP) is 3.11. The number of ether oxygens (including phenoxy) is 1. The van der Waals surface area contributed by atoms with E-state index in [0.29, 0.717) is 30.8 Å². The van der Waals surface area contributed by atoms with Crippen LogP contribution in [0.25, 0.3) is 11.3 Å². The zero-order chi connectivity index (χ0) is 16.4. The Labute approximate surface area is 129 Å². The van der Waals surface area contributed by atoms with Crippen molar-refractivity contribution in [2.75, 3.05) is 13.2 Å². The number of cyclic esters (lactones) is 1. The Balaban J connectivity index is 1.86. The summed E-state index contributed by atoms with van der Waals surface area (Å²) < 4.78 is 43.1. The fourth-order valence-corrected chi connectivity index (χ4v) is 2.26. The molecule has 3 heterocycles. The number of alkyl halides is 3. The van der Waals surface area contributed by atoms with Gasteiger partial charge in [-0.3, -0.25) is 4.98 Å². The number of rotatable bonds is 3. The third-order valence-corrected chi connectivity index (χ3v) is 3.35. The first-order chi connectivity index (χ1) is 10.9. The Bertz CT molecular complexity index is 734. The Morgan fingerprint density at radius 2 is 2.09 bits per heavy atom. The second-order valence-corrected chi connectivity index (χ2v) is 5.02. The molecule has 1 aliphatic heterocycles. The molecule has 8 heteroatoms. The molecule has 1 aliphatic rings. The largest absolute Gasteiger partial charge is 0.448 e. The highest BCUT2D eigenvalue weighted by molar-refractivity contribution is 5.69. The minimum atomic E-state index is -4.50. The maximum absolute atomic E-state index is 12.7. The van der Waals surface area contributed by atoms with Gasteiger partial charge in [-0.25, -0.2) is 9.78 Å². The minimum Gasteiger partial charge on any atom is -0.448 e. The molecule has 0 radical (unpaired) electrons. The van der Waals surface area contributed by atoms with Crippen LogP contribution >= 0.6 is 0 Å². The van der Waals surface area contributed by atoms with E-state index in [1.807, 2.05) is 0 Å². The molecule has 1 amide bonds. The van der Waals surface area contributed by atoms with Gasteiger partial charge >= 0.3 is 12.3 Å². The quantitative estimate of drug-likeness (QED) is 0.871. The van der Waals surface area contributed by atoms with Gasteiger partial charge in [-0.05, 0) is 23.8 Å². The second kappa shape index (κ2) is 5.86. The van der Waals surface area contributed by atoms with E-state index < -0.39 is 18.0 Å². The van der Waals surface area contributed by atoms with Crippen LogP contribution in [0.2, 0.25) is 0 Å². The fraction of sp³-hybridized carbons (Fsp3) is 0.267. The predicted molar refractivity (Wildman–Crippen MR) is 74.2 cm³/mol. The first-order valence-electron chi connectivity index (χ1n) is 6.84. The van der Waals surface area contributed by atoms with E-state index in [0.717, 1.165) is 6.07 Å². The summed E-state index contributed by atoms with van der Waals surface area (Å²) in [7, 11) is 0. The molecule has 0 aromatic carbocycles. The first kappa shape index (κ1) is 15.3. The number of hydrogen-bond acceptors (Lipinski definition) is 4. The van der Waals surface area contributed by atoms with Crippen molar-refractivity contribution in [2.24, 2.45) is 0 Å². The Hall–Kier alpha value is -2.64. The Morgan fingerprint density at radius 1 is 1.26 bits per heavy atom. The van der Waals surface area contributed by atoms with Crippen LogP contribution in [0.3, 0.4) is 0 Å². The van der Waals surface area contributed by atoms with E-state index in [1.54, 1.807) is 12.3 Å². The number of halogens is 3. The summed E-state index contributed by atoms with van der Waals surface area (Å²) in [6.07, 6.45) is -1.91. The van der Waals surface area contributed by atoms with Crippen molar-refractivity contribution >= 4 is 6.09 Å². The number of amides is 1. The van der Waals surface area contributed by atoms with E-state index in [2.05, 4.69) is 9.97 Å². The lowest BCUT2D eigenvalue weighted by atomic mass is 10.1. The topological polar surface area (TPSA) is 55.3 Å². The molecule has 0 bridgehead atoms. The highest BCUT2D eigenvalue weighted by Crippen LogP contribution is 2.29. The van der Waals surface area contributed by atoms with Crippen molar-refractivity contribution in [3.8, 4) is 11.3 Å². The molecule has 2 aromatic heterocycles. The number of pyridine rings is 2. The van der Waals surface area contributed by atoms with Gasteiger partial charge in [-0.1, -0.05) is 6.07 Å². The number of carbonyl (C=O) groups is 1. The van der Waals surface area contributed by atoms with Gasteiger partial charge in [-0.2, -0.15) is 13.2 Å². The molecule has 0 aliphatic carbocycles. The number of nitrogens with zero attached hydrogens (tertiary/aromatic N) is 3. The van der Waals surface area contributed by atoms with Crippen molar-refractivity contribution in [2.45, 2.75) is 12.7 Å². The van der Waals surface area contributed by atoms with E-state index >= 15 is 0 Å². The summed E-state index contributed by atoms with van der Waals surface area (Å²) in [6.45, 7) is 1.10. The van der Waals surface area contributed by atoms with Crippen LogP contribution in [0.5, 0.6) is 0 Å². The molecule has 0 unspecified atom stereocenters. The molecule has 2 aromatic rings. The van der Waals surface area contributed by atoms with Crippen LogP contribution in [0.1, 0.15) is 11.3 Å². The average molecular weight is 323 g/mol. The van der Waals surface area contributed by atoms with Gasteiger partial charge < -0.3 is 9.64 Å². The highest BCUT2D eigenvalue weighted by Gasteiger charge is 2.32. The van der Waals surface area contributed by atoms with Gasteiger partial charge in [0, 0.05) is 18.0 Å². The lowest BCUT2D eigenvalue weighted by Crippen LogP contribution is -2.23. The summed E-state index contributed by atoms with van der Waals surface area (Å²) in [4.78, 5) is 20.6. The van der Waals surface area contributed by atoms with Crippen LogP contribution in [-0.2, 0) is 17.5 Å². The maximum Gasteiger partial charge on any atom is 0.433 e. The van der Waals surface area contributed by atoms with Gasteiger partial charge in [-0.15, -0.1) is 0 Å². The van der Waals surface area contributed by atoms with Crippen molar-refractivity contribution < 1.29 is 22.7 Å². The SMILES string of the molecule is O=C1OCCN1Cc1cncc(-c2cccc(C(F)(F)F)n2)c1. The van der Waals surface area contributed by atoms with Crippen LogP contribution in [0, 0.1) is 0 Å². The summed E-state index contributed by atoms with van der Waals surface area (Å²) in [5.41, 5.74) is 0.378. The second-order valence-electron chi connectivity index (χ2n) is 5.02. The summed E-state index contributed by atoms with van der Waals surface area (Å²) in [6, 6.07) is 5.37. The molecule has 0 spiro atoms. The first-order valence-corrected chi connectivity index (χ1v) is 6.84. The molecule has 1 saturated heterocycles. The molecule has 0 saturated carbocycles. The zero-order valence-electron chi connectivity index (χ0n) is 11.9. The number of carbonyl (C=O) groups excluding carboxylic acids is 1. The Morgan fingerprint density at radius 3 is 2.78 bits per heavy atom. The molecular formula is C15H12F3N3O2. The number of hydrogen-bond donors (Lipinski definition) is 0. The molecule has 1 fully saturated rings. The maximum atomic E-state index is 12.7. The van der Waals surface area contributed by atoms with Crippen molar-refractivity contribution in [1.82, 2.24) is 14.9 Å². The smallest absolute Gasteiger partial charge is 0.433 e. The van der Waals surface area contributed by atoms with Crippen LogP contribution in [0.4, 0.5) is 18.0 Å². The summed E-state index contributed by atoms with van der Waals surface area (Å²) >= 11 is 0. The highest BCUT2D eigenvalue weighted by atomic mass is 19.4. The van der Waals surface area contributed by atoms with Gasteiger partial charge in [0.15, 0.2) is 0 Å². The molecule has 5 nitrogen and oxygen atoms in total. The fourth-order valence-electron chi connectivity index (χ4n) is 2.26. The van der Waals surface area contributed by atoms with Crippen molar-refractivity contribution in [3.63, 3.8) is 0 Å². The van der Waals surface area contributed by atoms with Crippen molar-refractivity contribution in [3.05, 3.63) is 47.9 Å². The lowest BCUT2D eigenvalue weighted by molar-refractivity contribution is -0.141. The minimum absolute atomic E-state index is 0.179. The third-order valence-electron chi connectivity index (χ3n) is 3.35. The molecule has 0 N–H and O–H groups in total. The van der Waals surface area contributed by atoms with Gasteiger partial charge in [0.2, 0.25) is 0 Å². The van der Waals surface area contributed by atoms with Crippen LogP contribution < -0.4 is 0 Å². The van der Waals surface area contributed by atoms with Crippen molar-refractivity contribution in [1.29, 1.82) is 0 Å². The molecular weight excluding hydrogens is 311 g/mol. The molecule has 23 heavy (non-hydrogen) atoms. The normalized spacial score (nSPS) is 14.9. The lowest BCUT2D eigenvalue weighted by Gasteiger charge is -2.13. The molecule has 3 rings (SSSR count). The van der Waals surface area contributed by atoms with Crippen LogP contribution in [-0.4, -0.2) is 34.1 Å². The Kier molecular flexibility index (Phi) is 3.89. The number of aromatic nitrogens is 2. The monoisotopic (exact) mass is 323 g/mol. The van der Waals surface area contributed by atoms with E-state index in [1.165, 1.54) is 23.2 Å². The van der Waals surface area contributed by atoms with E-state index in [4.69, 9.17) is 4.74 Å². The van der Waals surface area contributed by atoms with Gasteiger partial charge in [0.25, 0.3) is 0 Å². The average Bonchev–Trinajstić information content (AvgIpc) is 2.92.